The lowest BCUT2D eigenvalue weighted by Gasteiger charge is -2.15. The molecule has 2 aromatic carbocycles. The standard InChI is InChI=1S/C19H21N3OS/c1-15(21-13-16-3-9-19(10-4-16)24(2)23)17-5-7-18(8-6-17)22-12-11-20-14-22/h3-12,14-15,21H,13H2,1-2H3/t15-,24-/m1/s1. The van der Waals surface area contributed by atoms with Gasteiger partial charge in [-0.15, -0.1) is 0 Å². The molecule has 0 saturated heterocycles. The van der Waals surface area contributed by atoms with Crippen LogP contribution in [0.2, 0.25) is 0 Å². The summed E-state index contributed by atoms with van der Waals surface area (Å²) in [6.07, 6.45) is 7.20. The average Bonchev–Trinajstić information content (AvgIpc) is 3.15. The maximum Gasteiger partial charge on any atom is 0.0991 e. The van der Waals surface area contributed by atoms with Gasteiger partial charge in [0.25, 0.3) is 0 Å². The maximum absolute atomic E-state index is 11.4. The zero-order valence-electron chi connectivity index (χ0n) is 13.8. The number of rotatable bonds is 6. The minimum Gasteiger partial charge on any atom is -0.306 e. The summed E-state index contributed by atoms with van der Waals surface area (Å²) < 4.78 is 13.4. The Bertz CT molecular complexity index is 796. The van der Waals surface area contributed by atoms with E-state index in [4.69, 9.17) is 0 Å². The van der Waals surface area contributed by atoms with Crippen molar-refractivity contribution in [2.45, 2.75) is 24.4 Å². The Morgan fingerprint density at radius 1 is 1.12 bits per heavy atom. The van der Waals surface area contributed by atoms with Gasteiger partial charge in [-0.3, -0.25) is 4.21 Å². The molecule has 3 rings (SSSR count). The second kappa shape index (κ2) is 7.55. The molecule has 5 heteroatoms. The fourth-order valence-electron chi connectivity index (χ4n) is 2.53. The molecule has 0 amide bonds. The largest absolute Gasteiger partial charge is 0.306 e. The third-order valence-corrected chi connectivity index (χ3v) is 5.00. The molecule has 1 N–H and O–H groups in total. The predicted octanol–water partition coefficient (Wildman–Crippen LogP) is 3.46. The van der Waals surface area contributed by atoms with Gasteiger partial charge < -0.3 is 9.88 Å². The molecule has 3 aromatic rings. The van der Waals surface area contributed by atoms with E-state index in [0.717, 1.165) is 17.1 Å². The first-order chi connectivity index (χ1) is 11.6. The number of imidazole rings is 1. The second-order valence-corrected chi connectivity index (χ2v) is 7.14. The van der Waals surface area contributed by atoms with Crippen molar-refractivity contribution in [3.05, 3.63) is 78.4 Å². The number of benzene rings is 2. The zero-order chi connectivity index (χ0) is 16.9. The van der Waals surface area contributed by atoms with Crippen molar-refractivity contribution in [3.63, 3.8) is 0 Å². The molecular weight excluding hydrogens is 318 g/mol. The van der Waals surface area contributed by atoms with Gasteiger partial charge in [0.15, 0.2) is 0 Å². The summed E-state index contributed by atoms with van der Waals surface area (Å²) in [6.45, 7) is 2.93. The molecule has 0 saturated carbocycles. The molecule has 0 radical (unpaired) electrons. The van der Waals surface area contributed by atoms with E-state index in [9.17, 15) is 4.21 Å². The van der Waals surface area contributed by atoms with E-state index in [2.05, 4.69) is 41.5 Å². The molecular formula is C19H21N3OS. The molecule has 0 spiro atoms. The minimum absolute atomic E-state index is 0.252. The van der Waals surface area contributed by atoms with Crippen LogP contribution in [-0.2, 0) is 17.3 Å². The molecule has 2 atom stereocenters. The highest BCUT2D eigenvalue weighted by Crippen LogP contribution is 2.16. The van der Waals surface area contributed by atoms with E-state index in [1.165, 1.54) is 11.1 Å². The molecule has 24 heavy (non-hydrogen) atoms. The molecule has 4 nitrogen and oxygen atoms in total. The van der Waals surface area contributed by atoms with Crippen molar-refractivity contribution in [2.24, 2.45) is 0 Å². The van der Waals surface area contributed by atoms with E-state index in [0.29, 0.717) is 0 Å². The van der Waals surface area contributed by atoms with Crippen molar-refractivity contribution in [2.75, 3.05) is 6.26 Å². The van der Waals surface area contributed by atoms with Crippen LogP contribution in [-0.4, -0.2) is 20.0 Å². The van der Waals surface area contributed by atoms with Crippen LogP contribution in [0.5, 0.6) is 0 Å². The van der Waals surface area contributed by atoms with E-state index in [1.54, 1.807) is 18.8 Å². The highest BCUT2D eigenvalue weighted by Gasteiger charge is 2.06. The van der Waals surface area contributed by atoms with E-state index < -0.39 is 10.8 Å². The Balaban J connectivity index is 1.60. The maximum atomic E-state index is 11.4. The monoisotopic (exact) mass is 339 g/mol. The van der Waals surface area contributed by atoms with E-state index in [-0.39, 0.29) is 6.04 Å². The van der Waals surface area contributed by atoms with Crippen LogP contribution in [0, 0.1) is 0 Å². The fraction of sp³-hybridized carbons (Fsp3) is 0.211. The van der Waals surface area contributed by atoms with Gasteiger partial charge >= 0.3 is 0 Å². The lowest BCUT2D eigenvalue weighted by Crippen LogP contribution is -2.18. The molecule has 1 heterocycles. The quantitative estimate of drug-likeness (QED) is 0.748. The lowest BCUT2D eigenvalue weighted by molar-refractivity contribution is 0.574. The Hall–Kier alpha value is -2.24. The molecule has 0 unspecified atom stereocenters. The minimum atomic E-state index is -0.922. The number of aromatic nitrogens is 2. The van der Waals surface area contributed by atoms with Crippen LogP contribution in [0.4, 0.5) is 0 Å². The van der Waals surface area contributed by atoms with E-state index in [1.807, 2.05) is 35.0 Å². The first-order valence-corrected chi connectivity index (χ1v) is 9.43. The summed E-state index contributed by atoms with van der Waals surface area (Å²) in [6, 6.07) is 16.6. The number of hydrogen-bond acceptors (Lipinski definition) is 3. The molecule has 0 fully saturated rings. The van der Waals surface area contributed by atoms with Gasteiger partial charge in [0, 0.05) is 52.6 Å². The first-order valence-electron chi connectivity index (χ1n) is 7.87. The highest BCUT2D eigenvalue weighted by molar-refractivity contribution is 7.84. The molecule has 0 aliphatic carbocycles. The first kappa shape index (κ1) is 16.6. The Morgan fingerprint density at radius 2 is 1.83 bits per heavy atom. The third-order valence-electron chi connectivity index (χ3n) is 4.06. The summed E-state index contributed by atoms with van der Waals surface area (Å²) in [4.78, 5) is 4.93. The Labute approximate surface area is 145 Å². The van der Waals surface area contributed by atoms with Crippen LogP contribution in [0.3, 0.4) is 0 Å². The molecule has 124 valence electrons. The van der Waals surface area contributed by atoms with Gasteiger partial charge in [-0.05, 0) is 42.3 Å². The van der Waals surface area contributed by atoms with Crippen molar-refractivity contribution >= 4 is 10.8 Å². The van der Waals surface area contributed by atoms with Crippen LogP contribution < -0.4 is 5.32 Å². The molecule has 0 bridgehead atoms. The molecule has 0 aliphatic heterocycles. The number of nitrogens with zero attached hydrogens (tertiary/aromatic N) is 2. The van der Waals surface area contributed by atoms with Crippen LogP contribution >= 0.6 is 0 Å². The average molecular weight is 339 g/mol. The van der Waals surface area contributed by atoms with Gasteiger partial charge in [0.05, 0.1) is 6.33 Å². The van der Waals surface area contributed by atoms with E-state index >= 15 is 0 Å². The summed E-state index contributed by atoms with van der Waals surface area (Å²) in [5, 5.41) is 3.52. The number of hydrogen-bond donors (Lipinski definition) is 1. The van der Waals surface area contributed by atoms with Gasteiger partial charge in [-0.2, -0.15) is 0 Å². The van der Waals surface area contributed by atoms with Crippen molar-refractivity contribution < 1.29 is 4.21 Å². The van der Waals surface area contributed by atoms with Gasteiger partial charge in [0.2, 0.25) is 0 Å². The molecule has 1 aromatic heterocycles. The predicted molar refractivity (Wildman–Crippen MR) is 97.6 cm³/mol. The van der Waals surface area contributed by atoms with Crippen molar-refractivity contribution in [1.29, 1.82) is 0 Å². The summed E-state index contributed by atoms with van der Waals surface area (Å²) in [7, 11) is -0.922. The smallest absolute Gasteiger partial charge is 0.0991 e. The summed E-state index contributed by atoms with van der Waals surface area (Å²) >= 11 is 0. The molecule has 0 aliphatic rings. The van der Waals surface area contributed by atoms with Crippen LogP contribution in [0.1, 0.15) is 24.1 Å². The SMILES string of the molecule is C[C@@H](NCc1ccc([S@@](C)=O)cc1)c1ccc(-n2ccnc2)cc1. The second-order valence-electron chi connectivity index (χ2n) is 5.76. The summed E-state index contributed by atoms with van der Waals surface area (Å²) in [5.41, 5.74) is 3.53. The zero-order valence-corrected chi connectivity index (χ0v) is 14.7. The van der Waals surface area contributed by atoms with Crippen molar-refractivity contribution in [3.8, 4) is 5.69 Å². The van der Waals surface area contributed by atoms with Crippen LogP contribution in [0.15, 0.2) is 72.1 Å². The van der Waals surface area contributed by atoms with Gasteiger partial charge in [-0.1, -0.05) is 24.3 Å². The number of nitrogens with one attached hydrogen (secondary N) is 1. The fourth-order valence-corrected chi connectivity index (χ4v) is 3.05. The lowest BCUT2D eigenvalue weighted by atomic mass is 10.1. The Morgan fingerprint density at radius 3 is 2.42 bits per heavy atom. The third kappa shape index (κ3) is 3.99. The summed E-state index contributed by atoms with van der Waals surface area (Å²) in [5.74, 6) is 0. The Kier molecular flexibility index (Phi) is 5.23. The normalized spacial score (nSPS) is 13.6. The topological polar surface area (TPSA) is 46.9 Å². The van der Waals surface area contributed by atoms with Crippen LogP contribution in [0.25, 0.3) is 5.69 Å². The van der Waals surface area contributed by atoms with Gasteiger partial charge in [-0.25, -0.2) is 4.98 Å². The van der Waals surface area contributed by atoms with Crippen molar-refractivity contribution in [1.82, 2.24) is 14.9 Å². The van der Waals surface area contributed by atoms with Gasteiger partial charge in [0.1, 0.15) is 0 Å². The highest BCUT2D eigenvalue weighted by atomic mass is 32.2.